The monoisotopic (exact) mass is 164 g/mol. The minimum absolute atomic E-state index is 0.263. The van der Waals surface area contributed by atoms with Crippen molar-refractivity contribution in [2.24, 2.45) is 5.92 Å². The molecule has 2 aliphatic carbocycles. The van der Waals surface area contributed by atoms with Gasteiger partial charge in [-0.2, -0.15) is 10.8 Å². The summed E-state index contributed by atoms with van der Waals surface area (Å²) in [7, 11) is -0.263. The van der Waals surface area contributed by atoms with E-state index in [2.05, 4.69) is 10.8 Å². The summed E-state index contributed by atoms with van der Waals surface area (Å²) in [6, 6.07) is 0. The fourth-order valence-electron chi connectivity index (χ4n) is 2.24. The number of allylic oxidation sites excluding steroid dienone is 3. The topological polar surface area (TPSA) is 23.9 Å². The van der Waals surface area contributed by atoms with Crippen LogP contribution in [0.5, 0.6) is 0 Å². The third-order valence-corrected chi connectivity index (χ3v) is 4.00. The van der Waals surface area contributed by atoms with E-state index in [1.165, 1.54) is 18.4 Å². The minimum atomic E-state index is -0.263. The lowest BCUT2D eigenvalue weighted by Crippen LogP contribution is -2.31. The molecule has 1 nitrogen and oxygen atoms in total. The third-order valence-electron chi connectivity index (χ3n) is 2.94. The molecule has 2 heteroatoms. The maximum atomic E-state index is 7.58. The number of rotatable bonds is 0. The maximum absolute atomic E-state index is 7.58. The van der Waals surface area contributed by atoms with Gasteiger partial charge in [0.15, 0.2) is 0 Å². The van der Waals surface area contributed by atoms with E-state index in [0.29, 0.717) is 0 Å². The summed E-state index contributed by atoms with van der Waals surface area (Å²) >= 11 is 0. The molecule has 1 atom stereocenters. The van der Waals surface area contributed by atoms with E-state index < -0.39 is 0 Å². The van der Waals surface area contributed by atoms with Crippen molar-refractivity contribution >= 4 is 15.6 Å². The van der Waals surface area contributed by atoms with Gasteiger partial charge in [0.2, 0.25) is 0 Å². The first-order valence-corrected chi connectivity index (χ1v) is 5.42. The lowest BCUT2D eigenvalue weighted by molar-refractivity contribution is 0.555. The van der Waals surface area contributed by atoms with Gasteiger partial charge in [-0.05, 0) is 24.8 Å². The second kappa shape index (κ2) is 1.81. The van der Waals surface area contributed by atoms with E-state index in [1.54, 1.807) is 11.1 Å². The average molecular weight is 164 g/mol. The standard InChI is InChI=1S/C9H10NS/c10-11-4-3-8-6-1-2-7(6)9(8)5-11/h4-5,8,10H,1-3H2/q-1. The molecule has 1 heterocycles. The molecule has 0 amide bonds. The Morgan fingerprint density at radius 3 is 3.09 bits per heavy atom. The van der Waals surface area contributed by atoms with Gasteiger partial charge < -0.3 is 15.1 Å². The van der Waals surface area contributed by atoms with Gasteiger partial charge in [-0.25, -0.2) is 0 Å². The summed E-state index contributed by atoms with van der Waals surface area (Å²) < 4.78 is 7.58. The van der Waals surface area contributed by atoms with E-state index in [1.807, 2.05) is 0 Å². The summed E-state index contributed by atoms with van der Waals surface area (Å²) in [5, 5.41) is 4.31. The number of hydrogen-bond acceptors (Lipinski definition) is 2. The van der Waals surface area contributed by atoms with Crippen LogP contribution in [0.3, 0.4) is 0 Å². The second-order valence-corrected chi connectivity index (χ2v) is 4.72. The fourth-order valence-corrected chi connectivity index (χ4v) is 3.31. The molecule has 1 aliphatic heterocycles. The Morgan fingerprint density at radius 2 is 2.36 bits per heavy atom. The van der Waals surface area contributed by atoms with Crippen molar-refractivity contribution < 1.29 is 0 Å². The van der Waals surface area contributed by atoms with Gasteiger partial charge in [-0.15, -0.1) is 0 Å². The van der Waals surface area contributed by atoms with Crippen LogP contribution in [0.15, 0.2) is 22.1 Å². The SMILES string of the molecule is N=[S-]1=CCC2C(=C1)C1=C2CC1. The largest absolute Gasteiger partial charge is 0.447 e. The highest BCUT2D eigenvalue weighted by Crippen LogP contribution is 2.54. The number of fused-ring (bicyclic) bond motifs is 3. The van der Waals surface area contributed by atoms with E-state index in [9.17, 15) is 0 Å². The molecule has 0 fully saturated rings. The zero-order chi connectivity index (χ0) is 7.42. The van der Waals surface area contributed by atoms with Crippen LogP contribution in [0.1, 0.15) is 19.3 Å². The fraction of sp³-hybridized carbons (Fsp3) is 0.444. The highest BCUT2D eigenvalue weighted by atomic mass is 32.2. The summed E-state index contributed by atoms with van der Waals surface area (Å²) in [4.78, 5) is 0. The molecule has 1 unspecified atom stereocenters. The summed E-state index contributed by atoms with van der Waals surface area (Å²) in [5.74, 6) is 0.771. The van der Waals surface area contributed by atoms with Gasteiger partial charge in [0.05, 0.1) is 0 Å². The molecule has 0 saturated carbocycles. The predicted molar refractivity (Wildman–Crippen MR) is 48.6 cm³/mol. The van der Waals surface area contributed by atoms with E-state index in [4.69, 9.17) is 4.78 Å². The first kappa shape index (κ1) is 6.06. The molecule has 0 aromatic rings. The van der Waals surface area contributed by atoms with E-state index >= 15 is 0 Å². The number of nitrogens with one attached hydrogen (secondary N) is 1. The number of hydrogen-bond donors (Lipinski definition) is 1. The molecular weight excluding hydrogens is 154 g/mol. The molecule has 58 valence electrons. The van der Waals surface area contributed by atoms with Gasteiger partial charge in [0.25, 0.3) is 0 Å². The second-order valence-electron chi connectivity index (χ2n) is 3.40. The Morgan fingerprint density at radius 1 is 1.45 bits per heavy atom. The Kier molecular flexibility index (Phi) is 0.995. The van der Waals surface area contributed by atoms with Gasteiger partial charge in [-0.3, -0.25) is 0 Å². The first-order chi connectivity index (χ1) is 5.36. The van der Waals surface area contributed by atoms with E-state index in [0.717, 1.165) is 12.3 Å². The van der Waals surface area contributed by atoms with Crippen molar-refractivity contribution in [3.8, 4) is 0 Å². The quantitative estimate of drug-likeness (QED) is 0.419. The van der Waals surface area contributed by atoms with Crippen LogP contribution in [0.4, 0.5) is 0 Å². The van der Waals surface area contributed by atoms with Crippen LogP contribution >= 0.6 is 0 Å². The summed E-state index contributed by atoms with van der Waals surface area (Å²) in [5.41, 5.74) is 4.86. The third kappa shape index (κ3) is 0.614. The molecule has 11 heavy (non-hydrogen) atoms. The Hall–Kier alpha value is -0.500. The van der Waals surface area contributed by atoms with Crippen molar-refractivity contribution in [1.29, 1.82) is 4.78 Å². The molecule has 0 saturated heterocycles. The maximum Gasteiger partial charge on any atom is 0.00503 e. The van der Waals surface area contributed by atoms with Gasteiger partial charge in [0.1, 0.15) is 0 Å². The average Bonchev–Trinajstić information content (AvgIpc) is 1.92. The molecule has 1 N–H and O–H groups in total. The minimum Gasteiger partial charge on any atom is -0.447 e. The van der Waals surface area contributed by atoms with Crippen molar-refractivity contribution in [2.45, 2.75) is 19.3 Å². The molecule has 0 bridgehead atoms. The highest BCUT2D eigenvalue weighted by Gasteiger charge is 2.38. The van der Waals surface area contributed by atoms with Gasteiger partial charge in [0, 0.05) is 5.92 Å². The predicted octanol–water partition coefficient (Wildman–Crippen LogP) is 2.18. The molecule has 3 aliphatic rings. The van der Waals surface area contributed by atoms with Crippen molar-refractivity contribution in [1.82, 2.24) is 0 Å². The van der Waals surface area contributed by atoms with Gasteiger partial charge in [-0.1, -0.05) is 11.1 Å². The van der Waals surface area contributed by atoms with Crippen molar-refractivity contribution in [2.75, 3.05) is 0 Å². The summed E-state index contributed by atoms with van der Waals surface area (Å²) in [6.45, 7) is 0. The lowest BCUT2D eigenvalue weighted by atomic mass is 9.62. The zero-order valence-corrected chi connectivity index (χ0v) is 7.08. The highest BCUT2D eigenvalue weighted by molar-refractivity contribution is 7.87. The van der Waals surface area contributed by atoms with Crippen LogP contribution in [0.2, 0.25) is 0 Å². The molecule has 0 aromatic heterocycles. The Balaban J connectivity index is 2.14. The molecule has 0 spiro atoms. The van der Waals surface area contributed by atoms with Crippen LogP contribution in [-0.2, 0) is 10.3 Å². The Labute approximate surface area is 68.3 Å². The van der Waals surface area contributed by atoms with E-state index in [-0.39, 0.29) is 10.3 Å². The van der Waals surface area contributed by atoms with Crippen LogP contribution < -0.4 is 0 Å². The smallest absolute Gasteiger partial charge is 0.00503 e. The van der Waals surface area contributed by atoms with Crippen LogP contribution in [0.25, 0.3) is 0 Å². The normalized spacial score (nSPS) is 34.2. The molecule has 3 rings (SSSR count). The molecular formula is C9H10NS-. The first-order valence-electron chi connectivity index (χ1n) is 4.07. The summed E-state index contributed by atoms with van der Waals surface area (Å²) in [6.07, 6.45) is 3.79. The van der Waals surface area contributed by atoms with Crippen molar-refractivity contribution in [3.05, 3.63) is 22.1 Å². The lowest BCUT2D eigenvalue weighted by Gasteiger charge is -2.47. The zero-order valence-electron chi connectivity index (χ0n) is 6.26. The Bertz CT molecular complexity index is 367. The van der Waals surface area contributed by atoms with Crippen LogP contribution in [-0.4, -0.2) is 5.37 Å². The van der Waals surface area contributed by atoms with Crippen LogP contribution in [0, 0.1) is 10.7 Å². The molecule has 0 radical (unpaired) electrons. The van der Waals surface area contributed by atoms with Gasteiger partial charge >= 0.3 is 0 Å². The molecule has 0 aromatic carbocycles. The van der Waals surface area contributed by atoms with Crippen molar-refractivity contribution in [3.63, 3.8) is 0 Å².